The minimum absolute atomic E-state index is 0.134. The Morgan fingerprint density at radius 2 is 1.14 bits per heavy atom. The van der Waals surface area contributed by atoms with E-state index in [1.807, 2.05) is 0 Å². The van der Waals surface area contributed by atoms with Crippen molar-refractivity contribution in [1.29, 1.82) is 0 Å². The van der Waals surface area contributed by atoms with Crippen LogP contribution in [0.4, 0.5) is 0 Å². The number of carbonyl (C=O) groups excluding carboxylic acids is 2. The molecule has 0 aromatic heterocycles. The molecule has 0 aliphatic heterocycles. The maximum absolute atomic E-state index is 11.4. The highest BCUT2D eigenvalue weighted by Gasteiger charge is 2.06. The molecule has 8 heteroatoms. The SMILES string of the molecule is O=C(CCCCC(=O)OCCSCCO)OCCSCCO. The van der Waals surface area contributed by atoms with E-state index in [1.54, 1.807) is 0 Å². The van der Waals surface area contributed by atoms with Gasteiger partial charge in [0.15, 0.2) is 0 Å². The molecule has 0 unspecified atom stereocenters. The van der Waals surface area contributed by atoms with Gasteiger partial charge in [-0.05, 0) is 12.8 Å². The molecule has 0 atom stereocenters. The Morgan fingerprint density at radius 3 is 1.50 bits per heavy atom. The third-order valence-corrected chi connectivity index (χ3v) is 4.32. The second-order valence-electron chi connectivity index (χ2n) is 4.32. The van der Waals surface area contributed by atoms with Crippen molar-refractivity contribution in [3.05, 3.63) is 0 Å². The molecule has 2 N–H and O–H groups in total. The molecule has 0 bridgehead atoms. The van der Waals surface area contributed by atoms with Gasteiger partial charge in [0.05, 0.1) is 13.2 Å². The van der Waals surface area contributed by atoms with Crippen LogP contribution in [0, 0.1) is 0 Å². The summed E-state index contributed by atoms with van der Waals surface area (Å²) in [6.07, 6.45) is 1.84. The van der Waals surface area contributed by atoms with Crippen LogP contribution in [0.25, 0.3) is 0 Å². The molecule has 22 heavy (non-hydrogen) atoms. The van der Waals surface area contributed by atoms with Crippen molar-refractivity contribution in [3.63, 3.8) is 0 Å². The van der Waals surface area contributed by atoms with Crippen molar-refractivity contribution in [2.75, 3.05) is 49.4 Å². The second kappa shape index (κ2) is 16.9. The number of rotatable bonds is 15. The van der Waals surface area contributed by atoms with Crippen LogP contribution < -0.4 is 0 Å². The van der Waals surface area contributed by atoms with E-state index in [4.69, 9.17) is 19.7 Å². The molecular weight excluding hydrogens is 328 g/mol. The summed E-state index contributed by atoms with van der Waals surface area (Å²) in [6, 6.07) is 0. The Morgan fingerprint density at radius 1 is 0.727 bits per heavy atom. The van der Waals surface area contributed by atoms with Crippen molar-refractivity contribution in [3.8, 4) is 0 Å². The van der Waals surface area contributed by atoms with Gasteiger partial charge in [0, 0.05) is 35.9 Å². The lowest BCUT2D eigenvalue weighted by Crippen LogP contribution is -2.09. The van der Waals surface area contributed by atoms with Gasteiger partial charge >= 0.3 is 11.9 Å². The topological polar surface area (TPSA) is 93.1 Å². The van der Waals surface area contributed by atoms with Crippen molar-refractivity contribution in [1.82, 2.24) is 0 Å². The summed E-state index contributed by atoms with van der Waals surface area (Å²) in [6.45, 7) is 0.984. The Labute approximate surface area is 140 Å². The fraction of sp³-hybridized carbons (Fsp3) is 0.857. The summed E-state index contributed by atoms with van der Waals surface area (Å²) in [5, 5.41) is 17.2. The van der Waals surface area contributed by atoms with Crippen LogP contribution in [0.5, 0.6) is 0 Å². The van der Waals surface area contributed by atoms with Gasteiger partial charge in [-0.2, -0.15) is 23.5 Å². The summed E-state index contributed by atoms with van der Waals surface area (Å²) < 4.78 is 10.0. The maximum atomic E-state index is 11.4. The van der Waals surface area contributed by atoms with E-state index >= 15 is 0 Å². The van der Waals surface area contributed by atoms with Crippen molar-refractivity contribution < 1.29 is 29.3 Å². The molecule has 0 spiro atoms. The number of aliphatic hydroxyl groups excluding tert-OH is 2. The Hall–Kier alpha value is -0.440. The Balaban J connectivity index is 3.32. The number of aliphatic hydroxyl groups is 2. The molecule has 6 nitrogen and oxygen atoms in total. The molecule has 130 valence electrons. The first-order valence-electron chi connectivity index (χ1n) is 7.39. The lowest BCUT2D eigenvalue weighted by molar-refractivity contribution is -0.145. The van der Waals surface area contributed by atoms with Gasteiger partial charge in [0.2, 0.25) is 0 Å². The largest absolute Gasteiger partial charge is 0.465 e. The van der Waals surface area contributed by atoms with E-state index in [0.29, 0.717) is 61.9 Å². The van der Waals surface area contributed by atoms with Crippen LogP contribution in [0.3, 0.4) is 0 Å². The van der Waals surface area contributed by atoms with Crippen LogP contribution in [-0.2, 0) is 19.1 Å². The third-order valence-electron chi connectivity index (χ3n) is 2.46. The van der Waals surface area contributed by atoms with E-state index in [1.165, 1.54) is 23.5 Å². The first-order chi connectivity index (χ1) is 10.7. The number of ether oxygens (including phenoxy) is 2. The number of esters is 2. The van der Waals surface area contributed by atoms with Gasteiger partial charge in [-0.25, -0.2) is 0 Å². The zero-order valence-electron chi connectivity index (χ0n) is 12.8. The monoisotopic (exact) mass is 354 g/mol. The minimum Gasteiger partial charge on any atom is -0.465 e. The molecule has 0 amide bonds. The number of hydrogen-bond acceptors (Lipinski definition) is 8. The lowest BCUT2D eigenvalue weighted by atomic mass is 10.2. The maximum Gasteiger partial charge on any atom is 0.305 e. The fourth-order valence-corrected chi connectivity index (χ4v) is 2.51. The van der Waals surface area contributed by atoms with Crippen LogP contribution in [-0.4, -0.2) is 71.6 Å². The van der Waals surface area contributed by atoms with Gasteiger partial charge in [0.1, 0.15) is 13.2 Å². The lowest BCUT2D eigenvalue weighted by Gasteiger charge is -2.05. The highest BCUT2D eigenvalue weighted by Crippen LogP contribution is 2.05. The van der Waals surface area contributed by atoms with E-state index < -0.39 is 0 Å². The molecule has 0 radical (unpaired) electrons. The summed E-state index contributed by atoms with van der Waals surface area (Å²) >= 11 is 3.07. The Kier molecular flexibility index (Phi) is 16.6. The van der Waals surface area contributed by atoms with E-state index in [9.17, 15) is 9.59 Å². The minimum atomic E-state index is -0.252. The van der Waals surface area contributed by atoms with E-state index in [2.05, 4.69) is 0 Å². The number of hydrogen-bond donors (Lipinski definition) is 2. The number of unbranched alkanes of at least 4 members (excludes halogenated alkanes) is 1. The van der Waals surface area contributed by atoms with Crippen LogP contribution in [0.15, 0.2) is 0 Å². The first-order valence-corrected chi connectivity index (χ1v) is 9.70. The molecular formula is C14H26O6S2. The molecule has 0 aliphatic carbocycles. The number of thioether (sulfide) groups is 2. The molecule has 0 heterocycles. The molecule has 0 saturated heterocycles. The molecule has 0 saturated carbocycles. The highest BCUT2D eigenvalue weighted by atomic mass is 32.2. The van der Waals surface area contributed by atoms with Gasteiger partial charge < -0.3 is 19.7 Å². The standard InChI is InChI=1S/C14H26O6S2/c15-5-9-21-11-7-19-13(17)3-1-2-4-14(18)20-8-12-22-10-6-16/h15-16H,1-12H2. The first kappa shape index (κ1) is 21.6. The fourth-order valence-electron chi connectivity index (χ4n) is 1.45. The molecule has 0 aromatic rings. The normalized spacial score (nSPS) is 10.5. The zero-order chi connectivity index (χ0) is 16.5. The Bertz CT molecular complexity index is 261. The second-order valence-corrected chi connectivity index (χ2v) is 6.77. The molecule has 0 aromatic carbocycles. The summed E-state index contributed by atoms with van der Waals surface area (Å²) in [4.78, 5) is 22.7. The molecule has 0 rings (SSSR count). The smallest absolute Gasteiger partial charge is 0.305 e. The molecule has 0 fully saturated rings. The van der Waals surface area contributed by atoms with Crippen LogP contribution in [0.2, 0.25) is 0 Å². The summed E-state index contributed by atoms with van der Waals surface area (Å²) in [7, 11) is 0. The predicted molar refractivity (Wildman–Crippen MR) is 89.2 cm³/mol. The van der Waals surface area contributed by atoms with Crippen molar-refractivity contribution in [2.24, 2.45) is 0 Å². The van der Waals surface area contributed by atoms with Gasteiger partial charge in [0.25, 0.3) is 0 Å². The third kappa shape index (κ3) is 15.9. The van der Waals surface area contributed by atoms with E-state index in [-0.39, 0.29) is 25.2 Å². The van der Waals surface area contributed by atoms with Gasteiger partial charge in [-0.15, -0.1) is 0 Å². The zero-order valence-corrected chi connectivity index (χ0v) is 14.5. The van der Waals surface area contributed by atoms with Crippen molar-refractivity contribution >= 4 is 35.5 Å². The summed E-state index contributed by atoms with van der Waals surface area (Å²) in [5.41, 5.74) is 0. The van der Waals surface area contributed by atoms with Gasteiger partial charge in [-0.3, -0.25) is 9.59 Å². The van der Waals surface area contributed by atoms with Gasteiger partial charge in [-0.1, -0.05) is 0 Å². The van der Waals surface area contributed by atoms with Crippen molar-refractivity contribution in [2.45, 2.75) is 25.7 Å². The van der Waals surface area contributed by atoms with Crippen LogP contribution >= 0.6 is 23.5 Å². The highest BCUT2D eigenvalue weighted by molar-refractivity contribution is 7.99. The quantitative estimate of drug-likeness (QED) is 0.333. The van der Waals surface area contributed by atoms with Crippen LogP contribution in [0.1, 0.15) is 25.7 Å². The number of carbonyl (C=O) groups is 2. The molecule has 0 aliphatic rings. The average molecular weight is 354 g/mol. The summed E-state index contributed by atoms with van der Waals surface area (Å²) in [5.74, 6) is 2.17. The van der Waals surface area contributed by atoms with E-state index in [0.717, 1.165) is 0 Å². The predicted octanol–water partition coefficient (Wildman–Crippen LogP) is 1.08. The average Bonchev–Trinajstić information content (AvgIpc) is 2.51.